The highest BCUT2D eigenvalue weighted by Gasteiger charge is 2.27. The molecule has 120 valence electrons. The Kier molecular flexibility index (Phi) is 8.71. The maximum absolute atomic E-state index is 12.1. The maximum atomic E-state index is 12.1. The largest absolute Gasteiger partial charge is 0.492 e. The van der Waals surface area contributed by atoms with E-state index in [1.165, 1.54) is 0 Å². The van der Waals surface area contributed by atoms with Gasteiger partial charge in [0.05, 0.1) is 17.2 Å². The Balaban J connectivity index is 0.00000400. The molecule has 1 amide bonds. The summed E-state index contributed by atoms with van der Waals surface area (Å²) in [7, 11) is 0. The van der Waals surface area contributed by atoms with Crippen molar-refractivity contribution in [2.45, 2.75) is 45.6 Å². The normalized spacial score (nSPS) is 13.0. The Morgan fingerprint density at radius 1 is 1.38 bits per heavy atom. The van der Waals surface area contributed by atoms with Crippen molar-refractivity contribution >= 4 is 35.6 Å². The average molecular weight is 335 g/mol. The van der Waals surface area contributed by atoms with Gasteiger partial charge in [0.25, 0.3) is 0 Å². The van der Waals surface area contributed by atoms with Gasteiger partial charge in [0.15, 0.2) is 0 Å². The van der Waals surface area contributed by atoms with Crippen LogP contribution in [0.1, 0.15) is 40.0 Å². The first kappa shape index (κ1) is 20.0. The first-order valence-corrected chi connectivity index (χ1v) is 7.31. The molecule has 0 aliphatic rings. The lowest BCUT2D eigenvalue weighted by atomic mass is 9.96. The number of carbonyl (C=O) groups excluding carboxylic acids is 1. The quantitative estimate of drug-likeness (QED) is 0.791. The van der Waals surface area contributed by atoms with Crippen LogP contribution >= 0.6 is 24.0 Å². The average Bonchev–Trinajstić information content (AvgIpc) is 2.37. The van der Waals surface area contributed by atoms with Gasteiger partial charge in [-0.25, -0.2) is 0 Å². The van der Waals surface area contributed by atoms with Crippen LogP contribution in [0.25, 0.3) is 0 Å². The Labute approximate surface area is 137 Å². The highest BCUT2D eigenvalue weighted by molar-refractivity contribution is 6.32. The minimum absolute atomic E-state index is 0. The predicted octanol–water partition coefficient (Wildman–Crippen LogP) is 4.01. The summed E-state index contributed by atoms with van der Waals surface area (Å²) in [5, 5.41) is 3.26. The zero-order chi connectivity index (χ0) is 15.2. The van der Waals surface area contributed by atoms with E-state index in [4.69, 9.17) is 22.1 Å². The molecule has 0 aromatic heterocycles. The molecule has 0 saturated heterocycles. The van der Waals surface area contributed by atoms with Gasteiger partial charge in [-0.1, -0.05) is 31.9 Å². The lowest BCUT2D eigenvalue weighted by Gasteiger charge is -2.23. The van der Waals surface area contributed by atoms with Gasteiger partial charge in [-0.05, 0) is 38.0 Å². The molecule has 1 aromatic rings. The molecule has 0 radical (unpaired) electrons. The number of benzene rings is 1. The van der Waals surface area contributed by atoms with Crippen LogP contribution in [0.15, 0.2) is 18.2 Å². The van der Waals surface area contributed by atoms with Gasteiger partial charge in [0.1, 0.15) is 5.75 Å². The molecule has 21 heavy (non-hydrogen) atoms. The molecule has 0 spiro atoms. The molecule has 1 aromatic carbocycles. The first-order chi connectivity index (χ1) is 9.40. The lowest BCUT2D eigenvalue weighted by molar-refractivity contribution is -0.120. The minimum atomic E-state index is -0.876. The number of carbonyl (C=O) groups is 1. The molecule has 0 aliphatic carbocycles. The van der Waals surface area contributed by atoms with Gasteiger partial charge in [-0.2, -0.15) is 0 Å². The Morgan fingerprint density at radius 3 is 2.57 bits per heavy atom. The van der Waals surface area contributed by atoms with Gasteiger partial charge in [-0.3, -0.25) is 4.79 Å². The van der Waals surface area contributed by atoms with E-state index in [1.807, 2.05) is 13.8 Å². The smallest absolute Gasteiger partial charge is 0.244 e. The first-order valence-electron chi connectivity index (χ1n) is 6.93. The second-order valence-electron chi connectivity index (χ2n) is 5.12. The summed E-state index contributed by atoms with van der Waals surface area (Å²) in [6, 6.07) is 5.19. The molecule has 1 unspecified atom stereocenters. The third kappa shape index (κ3) is 6.12. The Morgan fingerprint density at radius 2 is 2.05 bits per heavy atom. The van der Waals surface area contributed by atoms with Gasteiger partial charge >= 0.3 is 0 Å². The monoisotopic (exact) mass is 334 g/mol. The summed E-state index contributed by atoms with van der Waals surface area (Å²) < 4.78 is 5.48. The number of nitrogens with two attached hydrogens (primary N) is 1. The fourth-order valence-electron chi connectivity index (χ4n) is 1.81. The topological polar surface area (TPSA) is 64.3 Å². The van der Waals surface area contributed by atoms with E-state index in [1.54, 1.807) is 25.1 Å². The van der Waals surface area contributed by atoms with Gasteiger partial charge in [0.2, 0.25) is 5.91 Å². The van der Waals surface area contributed by atoms with Gasteiger partial charge < -0.3 is 15.8 Å². The summed E-state index contributed by atoms with van der Waals surface area (Å²) in [6.07, 6.45) is 2.40. The Hall–Kier alpha value is -0.970. The van der Waals surface area contributed by atoms with E-state index in [0.717, 1.165) is 12.8 Å². The van der Waals surface area contributed by atoms with Gasteiger partial charge in [0, 0.05) is 5.69 Å². The van der Waals surface area contributed by atoms with Crippen molar-refractivity contribution < 1.29 is 9.53 Å². The standard InChI is InChI=1S/C15H23ClN2O2.ClH/c1-4-8-15(3,17)14(19)18-11-6-7-13(12(16)10-11)20-9-5-2;/h6-7,10H,4-5,8-9,17H2,1-3H3,(H,18,19);1H. The van der Waals surface area contributed by atoms with Crippen LogP contribution in [0.3, 0.4) is 0 Å². The zero-order valence-corrected chi connectivity index (χ0v) is 14.3. The number of hydrogen-bond acceptors (Lipinski definition) is 3. The van der Waals surface area contributed by atoms with Crippen LogP contribution in [0.5, 0.6) is 5.75 Å². The fraction of sp³-hybridized carbons (Fsp3) is 0.533. The molecule has 0 bridgehead atoms. The molecule has 0 fully saturated rings. The Bertz CT molecular complexity index is 465. The van der Waals surface area contributed by atoms with E-state index >= 15 is 0 Å². The fourth-order valence-corrected chi connectivity index (χ4v) is 2.05. The van der Waals surface area contributed by atoms with Gasteiger partial charge in [-0.15, -0.1) is 12.4 Å². The highest BCUT2D eigenvalue weighted by Crippen LogP contribution is 2.28. The van der Waals surface area contributed by atoms with Crippen molar-refractivity contribution in [2.75, 3.05) is 11.9 Å². The summed E-state index contributed by atoms with van der Waals surface area (Å²) in [6.45, 7) is 6.36. The summed E-state index contributed by atoms with van der Waals surface area (Å²) in [5.74, 6) is 0.410. The van der Waals surface area contributed by atoms with E-state index < -0.39 is 5.54 Å². The zero-order valence-electron chi connectivity index (χ0n) is 12.7. The molecule has 1 atom stereocenters. The number of rotatable bonds is 7. The van der Waals surface area contributed by atoms with E-state index in [9.17, 15) is 4.79 Å². The molecule has 0 saturated carbocycles. The van der Waals surface area contributed by atoms with Crippen molar-refractivity contribution in [2.24, 2.45) is 5.73 Å². The van der Waals surface area contributed by atoms with Crippen molar-refractivity contribution in [1.82, 2.24) is 0 Å². The van der Waals surface area contributed by atoms with Crippen molar-refractivity contribution in [3.05, 3.63) is 23.2 Å². The maximum Gasteiger partial charge on any atom is 0.244 e. The van der Waals surface area contributed by atoms with Crippen molar-refractivity contribution in [3.8, 4) is 5.75 Å². The van der Waals surface area contributed by atoms with E-state index in [2.05, 4.69) is 5.32 Å². The molecule has 4 nitrogen and oxygen atoms in total. The van der Waals surface area contributed by atoms with Crippen LogP contribution in [-0.2, 0) is 4.79 Å². The van der Waals surface area contributed by atoms with E-state index in [0.29, 0.717) is 29.5 Å². The number of amides is 1. The molecular formula is C15H24Cl2N2O2. The van der Waals surface area contributed by atoms with Crippen LogP contribution in [0.4, 0.5) is 5.69 Å². The minimum Gasteiger partial charge on any atom is -0.492 e. The second kappa shape index (κ2) is 9.13. The number of anilines is 1. The summed E-state index contributed by atoms with van der Waals surface area (Å²) >= 11 is 6.12. The predicted molar refractivity (Wildman–Crippen MR) is 90.6 cm³/mol. The number of halogens is 2. The molecule has 6 heteroatoms. The summed E-state index contributed by atoms with van der Waals surface area (Å²) in [5.41, 5.74) is 5.73. The second-order valence-corrected chi connectivity index (χ2v) is 5.52. The number of nitrogens with one attached hydrogen (secondary N) is 1. The van der Waals surface area contributed by atoms with Crippen LogP contribution in [0.2, 0.25) is 5.02 Å². The third-order valence-electron chi connectivity index (χ3n) is 2.94. The van der Waals surface area contributed by atoms with Crippen LogP contribution < -0.4 is 15.8 Å². The van der Waals surface area contributed by atoms with Crippen LogP contribution in [-0.4, -0.2) is 18.1 Å². The third-order valence-corrected chi connectivity index (χ3v) is 3.23. The van der Waals surface area contributed by atoms with Crippen molar-refractivity contribution in [1.29, 1.82) is 0 Å². The SMILES string of the molecule is CCCOc1ccc(NC(=O)C(C)(N)CCC)cc1Cl.Cl. The lowest BCUT2D eigenvalue weighted by Crippen LogP contribution is -2.48. The molecular weight excluding hydrogens is 311 g/mol. The number of ether oxygens (including phenoxy) is 1. The summed E-state index contributed by atoms with van der Waals surface area (Å²) in [4.78, 5) is 12.1. The molecule has 0 aliphatic heterocycles. The van der Waals surface area contributed by atoms with Crippen molar-refractivity contribution in [3.63, 3.8) is 0 Å². The molecule has 0 heterocycles. The van der Waals surface area contributed by atoms with Crippen LogP contribution in [0, 0.1) is 0 Å². The molecule has 1 rings (SSSR count). The highest BCUT2D eigenvalue weighted by atomic mass is 35.5. The number of hydrogen-bond donors (Lipinski definition) is 2. The van der Waals surface area contributed by atoms with E-state index in [-0.39, 0.29) is 18.3 Å². The molecule has 3 N–H and O–H groups in total.